The predicted molar refractivity (Wildman–Crippen MR) is 67.5 cm³/mol. The van der Waals surface area contributed by atoms with Crippen molar-refractivity contribution in [3.8, 4) is 6.07 Å². The molecule has 18 heavy (non-hydrogen) atoms. The number of aliphatic hydroxyl groups excluding tert-OH is 1. The number of amides is 1. The van der Waals surface area contributed by atoms with Gasteiger partial charge in [-0.25, -0.2) is 0 Å². The van der Waals surface area contributed by atoms with Crippen molar-refractivity contribution in [2.45, 2.75) is 57.5 Å². The molecule has 0 heterocycles. The maximum Gasteiger partial charge on any atom is 0.240 e. The van der Waals surface area contributed by atoms with Crippen molar-refractivity contribution in [3.05, 3.63) is 0 Å². The molecule has 2 fully saturated rings. The first kappa shape index (κ1) is 13.4. The van der Waals surface area contributed by atoms with Crippen LogP contribution in [0.4, 0.5) is 0 Å². The summed E-state index contributed by atoms with van der Waals surface area (Å²) in [6.07, 6.45) is 6.98. The second-order valence-electron chi connectivity index (χ2n) is 5.72. The van der Waals surface area contributed by atoms with Crippen LogP contribution in [0.5, 0.6) is 0 Å². The number of carbonyl (C=O) groups is 1. The maximum absolute atomic E-state index is 12.2. The Kier molecular flexibility index (Phi) is 4.23. The van der Waals surface area contributed by atoms with Crippen molar-refractivity contribution in [3.63, 3.8) is 0 Å². The van der Waals surface area contributed by atoms with Crippen LogP contribution < -0.4 is 5.32 Å². The highest BCUT2D eigenvalue weighted by molar-refractivity contribution is 5.85. The smallest absolute Gasteiger partial charge is 0.240 e. The lowest BCUT2D eigenvalue weighted by Crippen LogP contribution is -2.44. The Morgan fingerprint density at radius 3 is 2.56 bits per heavy atom. The van der Waals surface area contributed by atoms with Gasteiger partial charge in [0.2, 0.25) is 5.91 Å². The fraction of sp³-hybridized carbons (Fsp3) is 0.857. The molecule has 2 atom stereocenters. The quantitative estimate of drug-likeness (QED) is 0.801. The van der Waals surface area contributed by atoms with Gasteiger partial charge in [0.1, 0.15) is 5.41 Å². The third-order valence-electron chi connectivity index (χ3n) is 4.50. The highest BCUT2D eigenvalue weighted by atomic mass is 16.3. The lowest BCUT2D eigenvalue weighted by atomic mass is 9.74. The van der Waals surface area contributed by atoms with Gasteiger partial charge < -0.3 is 10.4 Å². The van der Waals surface area contributed by atoms with E-state index in [-0.39, 0.29) is 17.9 Å². The minimum absolute atomic E-state index is 0.121. The van der Waals surface area contributed by atoms with Gasteiger partial charge in [-0.2, -0.15) is 5.26 Å². The molecule has 2 N–H and O–H groups in total. The average molecular weight is 250 g/mol. The van der Waals surface area contributed by atoms with Crippen LogP contribution >= 0.6 is 0 Å². The third-order valence-corrected chi connectivity index (χ3v) is 4.50. The lowest BCUT2D eigenvalue weighted by Gasteiger charge is -2.29. The zero-order chi connectivity index (χ0) is 13.0. The molecule has 2 aliphatic rings. The minimum Gasteiger partial charge on any atom is -0.393 e. The van der Waals surface area contributed by atoms with Gasteiger partial charge in [-0.3, -0.25) is 4.79 Å². The van der Waals surface area contributed by atoms with E-state index in [2.05, 4.69) is 11.4 Å². The summed E-state index contributed by atoms with van der Waals surface area (Å²) in [6, 6.07) is 2.23. The van der Waals surface area contributed by atoms with Gasteiger partial charge in [-0.15, -0.1) is 0 Å². The summed E-state index contributed by atoms with van der Waals surface area (Å²) in [6.45, 7) is 0.517. The Hall–Kier alpha value is -1.08. The van der Waals surface area contributed by atoms with Gasteiger partial charge in [-0.05, 0) is 25.7 Å². The Morgan fingerprint density at radius 2 is 2.00 bits per heavy atom. The van der Waals surface area contributed by atoms with Crippen LogP contribution in [0.2, 0.25) is 0 Å². The number of nitriles is 1. The molecule has 2 saturated carbocycles. The fourth-order valence-electron chi connectivity index (χ4n) is 3.19. The van der Waals surface area contributed by atoms with E-state index in [0.29, 0.717) is 19.4 Å². The molecule has 0 spiro atoms. The van der Waals surface area contributed by atoms with E-state index in [4.69, 9.17) is 0 Å². The van der Waals surface area contributed by atoms with Crippen LogP contribution in [0.15, 0.2) is 0 Å². The van der Waals surface area contributed by atoms with E-state index >= 15 is 0 Å². The van der Waals surface area contributed by atoms with Gasteiger partial charge in [0.05, 0.1) is 12.2 Å². The number of nitrogens with one attached hydrogen (secondary N) is 1. The normalized spacial score (nSPS) is 30.7. The van der Waals surface area contributed by atoms with E-state index in [9.17, 15) is 15.2 Å². The average Bonchev–Trinajstić information content (AvgIpc) is 2.82. The summed E-state index contributed by atoms with van der Waals surface area (Å²) in [5.41, 5.74) is -0.804. The molecule has 0 aliphatic heterocycles. The largest absolute Gasteiger partial charge is 0.393 e. The molecular weight excluding hydrogens is 228 g/mol. The zero-order valence-electron chi connectivity index (χ0n) is 10.8. The van der Waals surface area contributed by atoms with Gasteiger partial charge >= 0.3 is 0 Å². The minimum atomic E-state index is -0.804. The first-order valence-electron chi connectivity index (χ1n) is 7.05. The van der Waals surface area contributed by atoms with Crippen LogP contribution in [-0.4, -0.2) is 23.7 Å². The molecule has 0 aromatic rings. The second kappa shape index (κ2) is 5.71. The maximum atomic E-state index is 12.2. The molecule has 4 heteroatoms. The van der Waals surface area contributed by atoms with Crippen molar-refractivity contribution < 1.29 is 9.90 Å². The molecule has 0 saturated heterocycles. The third kappa shape index (κ3) is 2.67. The summed E-state index contributed by atoms with van der Waals surface area (Å²) in [5, 5.41) is 21.9. The summed E-state index contributed by atoms with van der Waals surface area (Å²) in [4.78, 5) is 12.2. The number of nitrogens with zero attached hydrogens (tertiary/aromatic N) is 1. The molecule has 4 nitrogen and oxygen atoms in total. The lowest BCUT2D eigenvalue weighted by molar-refractivity contribution is -0.129. The van der Waals surface area contributed by atoms with Crippen molar-refractivity contribution in [2.75, 3.05) is 6.54 Å². The van der Waals surface area contributed by atoms with E-state index in [1.807, 2.05) is 0 Å². The number of aliphatic hydroxyl groups is 1. The van der Waals surface area contributed by atoms with E-state index in [1.165, 1.54) is 0 Å². The SMILES string of the molecule is N#CC1(C(=O)NCC2CCCC2O)CCCCC1. The standard InChI is InChI=1S/C14H22N2O2/c15-10-14(7-2-1-3-8-14)13(18)16-9-11-5-4-6-12(11)17/h11-12,17H,1-9H2,(H,16,18). The molecule has 2 unspecified atom stereocenters. The molecule has 0 bridgehead atoms. The molecule has 100 valence electrons. The predicted octanol–water partition coefficient (Wildman–Crippen LogP) is 1.74. The molecule has 2 rings (SSSR count). The highest BCUT2D eigenvalue weighted by Gasteiger charge is 2.40. The zero-order valence-corrected chi connectivity index (χ0v) is 10.8. The number of hydrogen-bond acceptors (Lipinski definition) is 3. The topological polar surface area (TPSA) is 73.1 Å². The van der Waals surface area contributed by atoms with Gasteiger partial charge in [0, 0.05) is 12.5 Å². The Balaban J connectivity index is 1.88. The van der Waals surface area contributed by atoms with E-state index < -0.39 is 5.41 Å². The first-order valence-corrected chi connectivity index (χ1v) is 7.05. The summed E-state index contributed by atoms with van der Waals surface area (Å²) in [7, 11) is 0. The monoisotopic (exact) mass is 250 g/mol. The highest BCUT2D eigenvalue weighted by Crippen LogP contribution is 2.36. The molecule has 0 aromatic carbocycles. The summed E-state index contributed by atoms with van der Waals surface area (Å²) in [5.74, 6) is 0.0529. The summed E-state index contributed by atoms with van der Waals surface area (Å²) < 4.78 is 0. The summed E-state index contributed by atoms with van der Waals surface area (Å²) >= 11 is 0. The molecule has 1 amide bonds. The van der Waals surface area contributed by atoms with Crippen LogP contribution in [0, 0.1) is 22.7 Å². The number of rotatable bonds is 3. The Morgan fingerprint density at radius 1 is 1.28 bits per heavy atom. The van der Waals surface area contributed by atoms with Crippen molar-refractivity contribution in [1.82, 2.24) is 5.32 Å². The molecule has 0 aromatic heterocycles. The van der Waals surface area contributed by atoms with Gasteiger partial charge in [0.15, 0.2) is 0 Å². The van der Waals surface area contributed by atoms with E-state index in [0.717, 1.165) is 38.5 Å². The number of hydrogen-bond donors (Lipinski definition) is 2. The second-order valence-corrected chi connectivity index (χ2v) is 5.72. The van der Waals surface area contributed by atoms with Crippen LogP contribution in [-0.2, 0) is 4.79 Å². The van der Waals surface area contributed by atoms with Crippen molar-refractivity contribution in [1.29, 1.82) is 5.26 Å². The fourth-order valence-corrected chi connectivity index (χ4v) is 3.19. The van der Waals surface area contributed by atoms with Gasteiger partial charge in [0.25, 0.3) is 0 Å². The van der Waals surface area contributed by atoms with Crippen molar-refractivity contribution >= 4 is 5.91 Å². The van der Waals surface area contributed by atoms with Gasteiger partial charge in [-0.1, -0.05) is 25.7 Å². The van der Waals surface area contributed by atoms with Crippen LogP contribution in [0.1, 0.15) is 51.4 Å². The molecular formula is C14H22N2O2. The molecule has 0 radical (unpaired) electrons. The first-order chi connectivity index (χ1) is 8.68. The molecule has 2 aliphatic carbocycles. The van der Waals surface area contributed by atoms with Crippen molar-refractivity contribution in [2.24, 2.45) is 11.3 Å². The Bertz CT molecular complexity index is 342. The number of carbonyl (C=O) groups excluding carboxylic acids is 1. The Labute approximate surface area is 108 Å². The van der Waals surface area contributed by atoms with Crippen LogP contribution in [0.25, 0.3) is 0 Å². The van der Waals surface area contributed by atoms with Crippen LogP contribution in [0.3, 0.4) is 0 Å². The van der Waals surface area contributed by atoms with E-state index in [1.54, 1.807) is 0 Å².